The first-order valence-corrected chi connectivity index (χ1v) is 5.66. The highest BCUT2D eigenvalue weighted by atomic mass is 19.1. The van der Waals surface area contributed by atoms with E-state index in [1.54, 1.807) is 0 Å². The molecule has 1 rings (SSSR count). The van der Waals surface area contributed by atoms with Gasteiger partial charge in [0.1, 0.15) is 0 Å². The summed E-state index contributed by atoms with van der Waals surface area (Å²) in [6, 6.07) is 1.30. The quantitative estimate of drug-likeness (QED) is 0.812. The molecule has 1 unspecified atom stereocenters. The summed E-state index contributed by atoms with van der Waals surface area (Å²) in [5.74, 6) is -1.02. The van der Waals surface area contributed by atoms with Gasteiger partial charge in [0, 0.05) is 18.9 Å². The molecule has 0 saturated heterocycles. The zero-order chi connectivity index (χ0) is 13.6. The van der Waals surface area contributed by atoms with Crippen LogP contribution in [0.5, 0.6) is 5.88 Å². The normalized spacial score (nSPS) is 14.3. The Bertz CT molecular complexity index is 390. The maximum atomic E-state index is 14.8. The summed E-state index contributed by atoms with van der Waals surface area (Å²) in [6.45, 7) is 0.0936. The summed E-state index contributed by atoms with van der Waals surface area (Å²) in [6.07, 6.45) is 1.83. The first-order chi connectivity index (χ1) is 8.59. The Morgan fingerprint density at radius 3 is 2.72 bits per heavy atom. The predicted molar refractivity (Wildman–Crippen MR) is 63.7 cm³/mol. The van der Waals surface area contributed by atoms with Gasteiger partial charge in [-0.3, -0.25) is 0 Å². The van der Waals surface area contributed by atoms with E-state index in [1.807, 2.05) is 0 Å². The second kappa shape index (κ2) is 6.61. The number of alkyl halides is 1. The lowest BCUT2D eigenvalue weighted by Gasteiger charge is -2.25. The summed E-state index contributed by atoms with van der Waals surface area (Å²) in [5, 5.41) is 0. The molecule has 0 aliphatic carbocycles. The van der Waals surface area contributed by atoms with E-state index < -0.39 is 11.5 Å². The van der Waals surface area contributed by atoms with Gasteiger partial charge in [-0.2, -0.15) is 0 Å². The van der Waals surface area contributed by atoms with Crippen molar-refractivity contribution in [1.29, 1.82) is 0 Å². The van der Waals surface area contributed by atoms with Gasteiger partial charge in [-0.25, -0.2) is 13.8 Å². The number of hydrogen-bond donors (Lipinski definition) is 1. The van der Waals surface area contributed by atoms with E-state index >= 15 is 0 Å². The van der Waals surface area contributed by atoms with E-state index in [-0.39, 0.29) is 24.5 Å². The third kappa shape index (κ3) is 3.14. The van der Waals surface area contributed by atoms with Gasteiger partial charge in [0.05, 0.1) is 13.7 Å². The minimum Gasteiger partial charge on any atom is -0.479 e. The third-order valence-electron chi connectivity index (χ3n) is 2.68. The number of nitrogens with two attached hydrogens (primary N) is 1. The van der Waals surface area contributed by atoms with Gasteiger partial charge in [0.15, 0.2) is 11.5 Å². The number of hydrogen-bond acceptors (Lipinski definition) is 4. The Hall–Kier alpha value is -1.27. The molecule has 0 aromatic carbocycles. The number of methoxy groups -OCH3 is 2. The Balaban J connectivity index is 3.12. The van der Waals surface area contributed by atoms with Crippen molar-refractivity contribution in [2.75, 3.05) is 27.4 Å². The second-order valence-corrected chi connectivity index (χ2v) is 3.97. The lowest BCUT2D eigenvalue weighted by molar-refractivity contribution is 0.0272. The van der Waals surface area contributed by atoms with E-state index in [4.69, 9.17) is 15.2 Å². The van der Waals surface area contributed by atoms with Crippen LogP contribution in [-0.2, 0) is 10.4 Å². The molecule has 1 atom stereocenters. The van der Waals surface area contributed by atoms with Crippen LogP contribution in [0.4, 0.5) is 8.78 Å². The molecule has 0 bridgehead atoms. The highest BCUT2D eigenvalue weighted by Gasteiger charge is 2.35. The van der Waals surface area contributed by atoms with Crippen LogP contribution in [0.2, 0.25) is 0 Å². The monoisotopic (exact) mass is 260 g/mol. The van der Waals surface area contributed by atoms with Crippen molar-refractivity contribution in [2.45, 2.75) is 18.5 Å². The molecule has 4 nitrogen and oxygen atoms in total. The topological polar surface area (TPSA) is 57.4 Å². The standard InChI is InChI=1S/C12H18F2N2O2/c1-17-8-12(14,5-3-6-15)9-4-7-16-11(18-2)10(9)13/h4,7H,3,5-6,8,15H2,1-2H3. The molecule has 1 aromatic rings. The van der Waals surface area contributed by atoms with Crippen molar-refractivity contribution >= 4 is 0 Å². The molecule has 0 aliphatic heterocycles. The zero-order valence-electron chi connectivity index (χ0n) is 10.6. The van der Waals surface area contributed by atoms with Crippen molar-refractivity contribution in [3.8, 4) is 5.88 Å². The minimum absolute atomic E-state index is 0.0847. The van der Waals surface area contributed by atoms with Crippen LogP contribution < -0.4 is 10.5 Å². The van der Waals surface area contributed by atoms with Crippen LogP contribution in [0, 0.1) is 5.82 Å². The first-order valence-electron chi connectivity index (χ1n) is 5.66. The summed E-state index contributed by atoms with van der Waals surface area (Å²) in [4.78, 5) is 3.68. The number of ether oxygens (including phenoxy) is 2. The van der Waals surface area contributed by atoms with Crippen LogP contribution in [0.3, 0.4) is 0 Å². The molecular formula is C12H18F2N2O2. The van der Waals surface area contributed by atoms with Crippen LogP contribution in [0.1, 0.15) is 18.4 Å². The zero-order valence-corrected chi connectivity index (χ0v) is 10.6. The van der Waals surface area contributed by atoms with E-state index in [9.17, 15) is 8.78 Å². The Labute approximate surface area is 105 Å². The van der Waals surface area contributed by atoms with Gasteiger partial charge in [0.25, 0.3) is 0 Å². The van der Waals surface area contributed by atoms with Gasteiger partial charge < -0.3 is 15.2 Å². The minimum atomic E-state index is -1.92. The van der Waals surface area contributed by atoms with Crippen molar-refractivity contribution in [3.05, 3.63) is 23.6 Å². The van der Waals surface area contributed by atoms with E-state index in [0.29, 0.717) is 13.0 Å². The SMILES string of the molecule is COCC(F)(CCCN)c1ccnc(OC)c1F. The smallest absolute Gasteiger partial charge is 0.250 e. The van der Waals surface area contributed by atoms with E-state index in [0.717, 1.165) is 0 Å². The maximum Gasteiger partial charge on any atom is 0.250 e. The highest BCUT2D eigenvalue weighted by Crippen LogP contribution is 2.35. The summed E-state index contributed by atoms with van der Waals surface area (Å²) in [7, 11) is 2.65. The molecule has 2 N–H and O–H groups in total. The fourth-order valence-electron chi connectivity index (χ4n) is 1.81. The Morgan fingerprint density at radius 1 is 1.44 bits per heavy atom. The summed E-state index contributed by atoms with van der Waals surface area (Å²) in [5.41, 5.74) is 3.34. The molecule has 0 amide bonds. The summed E-state index contributed by atoms with van der Waals surface area (Å²) >= 11 is 0. The fourth-order valence-corrected chi connectivity index (χ4v) is 1.81. The van der Waals surface area contributed by atoms with Crippen molar-refractivity contribution in [2.24, 2.45) is 5.73 Å². The number of nitrogens with zero attached hydrogens (tertiary/aromatic N) is 1. The van der Waals surface area contributed by atoms with Gasteiger partial charge in [-0.15, -0.1) is 0 Å². The molecule has 0 aliphatic rings. The van der Waals surface area contributed by atoms with Crippen LogP contribution >= 0.6 is 0 Å². The van der Waals surface area contributed by atoms with Crippen LogP contribution in [0.25, 0.3) is 0 Å². The average molecular weight is 260 g/mol. The van der Waals surface area contributed by atoms with Crippen molar-refractivity contribution in [1.82, 2.24) is 4.98 Å². The Morgan fingerprint density at radius 2 is 2.17 bits per heavy atom. The predicted octanol–water partition coefficient (Wildman–Crippen LogP) is 1.78. The molecule has 102 valence electrons. The molecule has 6 heteroatoms. The molecule has 1 aromatic heterocycles. The van der Waals surface area contributed by atoms with Crippen LogP contribution in [-0.4, -0.2) is 32.4 Å². The molecular weight excluding hydrogens is 242 g/mol. The van der Waals surface area contributed by atoms with Gasteiger partial charge in [0.2, 0.25) is 5.88 Å². The molecule has 1 heterocycles. The molecule has 0 spiro atoms. The lowest BCUT2D eigenvalue weighted by atomic mass is 9.92. The average Bonchev–Trinajstić information content (AvgIpc) is 2.37. The van der Waals surface area contributed by atoms with Crippen molar-refractivity contribution in [3.63, 3.8) is 0 Å². The molecule has 18 heavy (non-hydrogen) atoms. The van der Waals surface area contributed by atoms with E-state index in [1.165, 1.54) is 26.5 Å². The molecule has 0 fully saturated rings. The third-order valence-corrected chi connectivity index (χ3v) is 2.68. The fraction of sp³-hybridized carbons (Fsp3) is 0.583. The maximum absolute atomic E-state index is 14.8. The largest absolute Gasteiger partial charge is 0.479 e. The van der Waals surface area contributed by atoms with Crippen LogP contribution in [0.15, 0.2) is 12.3 Å². The molecule has 0 saturated carbocycles. The summed E-state index contributed by atoms with van der Waals surface area (Å²) < 4.78 is 38.4. The highest BCUT2D eigenvalue weighted by molar-refractivity contribution is 5.29. The Kier molecular flexibility index (Phi) is 5.43. The second-order valence-electron chi connectivity index (χ2n) is 3.97. The number of rotatable bonds is 7. The lowest BCUT2D eigenvalue weighted by Crippen LogP contribution is -2.28. The van der Waals surface area contributed by atoms with Gasteiger partial charge >= 0.3 is 0 Å². The van der Waals surface area contributed by atoms with Crippen molar-refractivity contribution < 1.29 is 18.3 Å². The number of aromatic nitrogens is 1. The first kappa shape index (κ1) is 14.8. The number of pyridine rings is 1. The van der Waals surface area contributed by atoms with Gasteiger partial charge in [-0.1, -0.05) is 0 Å². The van der Waals surface area contributed by atoms with Gasteiger partial charge in [-0.05, 0) is 25.5 Å². The van der Waals surface area contributed by atoms with E-state index in [2.05, 4.69) is 4.98 Å². The molecule has 0 radical (unpaired) electrons. The number of halogens is 2.